The topological polar surface area (TPSA) is 69.9 Å². The number of anilines is 2. The van der Waals surface area contributed by atoms with E-state index in [2.05, 4.69) is 5.10 Å². The van der Waals surface area contributed by atoms with Gasteiger partial charge in [-0.25, -0.2) is 4.68 Å². The zero-order chi connectivity index (χ0) is 10.1. The Morgan fingerprint density at radius 3 is 2.50 bits per heavy atom. The van der Waals surface area contributed by atoms with Gasteiger partial charge in [-0.15, -0.1) is 5.10 Å². The Balaban J connectivity index is 2.60. The number of hydrogen-bond donors (Lipinski definition) is 2. The van der Waals surface area contributed by atoms with Crippen LogP contribution in [-0.2, 0) is 0 Å². The van der Waals surface area contributed by atoms with E-state index >= 15 is 0 Å². The smallest absolute Gasteiger partial charge is 0.148 e. The summed E-state index contributed by atoms with van der Waals surface area (Å²) >= 11 is 0. The van der Waals surface area contributed by atoms with E-state index in [9.17, 15) is 0 Å². The molecule has 0 aliphatic heterocycles. The van der Waals surface area contributed by atoms with Gasteiger partial charge in [-0.2, -0.15) is 0 Å². The van der Waals surface area contributed by atoms with Crippen LogP contribution in [-0.4, -0.2) is 9.78 Å². The number of nitrogen functional groups attached to an aromatic ring is 2. The van der Waals surface area contributed by atoms with Gasteiger partial charge in [0, 0.05) is 6.07 Å². The standard InChI is InChI=1S/C10H12N4/c1-7-4-2-3-5-8(7)14-10(12)6-9(11)13-14/h2-6H,12H2,1H3,(H2,11,13). The van der Waals surface area contributed by atoms with Gasteiger partial charge in [0.05, 0.1) is 5.69 Å². The molecule has 0 aliphatic rings. The van der Waals surface area contributed by atoms with Crippen LogP contribution in [0.2, 0.25) is 0 Å². The van der Waals surface area contributed by atoms with Gasteiger partial charge in [0.15, 0.2) is 0 Å². The molecule has 0 amide bonds. The Hall–Kier alpha value is -1.97. The van der Waals surface area contributed by atoms with Crippen LogP contribution in [0.1, 0.15) is 5.56 Å². The normalized spacial score (nSPS) is 10.4. The monoisotopic (exact) mass is 188 g/mol. The maximum Gasteiger partial charge on any atom is 0.148 e. The molecule has 4 heteroatoms. The van der Waals surface area contributed by atoms with Crippen molar-refractivity contribution in [3.63, 3.8) is 0 Å². The third kappa shape index (κ3) is 1.31. The first kappa shape index (κ1) is 8.62. The molecule has 2 aromatic rings. The number of hydrogen-bond acceptors (Lipinski definition) is 3. The molecular weight excluding hydrogens is 176 g/mol. The summed E-state index contributed by atoms with van der Waals surface area (Å²) in [5.74, 6) is 0.988. The van der Waals surface area contributed by atoms with Gasteiger partial charge in [-0.05, 0) is 18.6 Å². The number of para-hydroxylation sites is 1. The molecule has 0 saturated heterocycles. The summed E-state index contributed by atoms with van der Waals surface area (Å²) in [5.41, 5.74) is 13.4. The van der Waals surface area contributed by atoms with E-state index in [1.54, 1.807) is 10.7 Å². The van der Waals surface area contributed by atoms with E-state index in [1.165, 1.54) is 0 Å². The minimum absolute atomic E-state index is 0.436. The molecule has 72 valence electrons. The average Bonchev–Trinajstić information content (AvgIpc) is 2.46. The van der Waals surface area contributed by atoms with Crippen LogP contribution < -0.4 is 11.5 Å². The predicted octanol–water partition coefficient (Wildman–Crippen LogP) is 1.35. The summed E-state index contributed by atoms with van der Waals surface area (Å²) in [6.45, 7) is 2.01. The Labute approximate surface area is 82.1 Å². The fraction of sp³-hybridized carbons (Fsp3) is 0.100. The van der Waals surface area contributed by atoms with Crippen LogP contribution >= 0.6 is 0 Å². The van der Waals surface area contributed by atoms with Crippen LogP contribution in [0.25, 0.3) is 5.69 Å². The molecular formula is C10H12N4. The maximum atomic E-state index is 5.76. The molecule has 1 heterocycles. The largest absolute Gasteiger partial charge is 0.384 e. The van der Waals surface area contributed by atoms with E-state index in [0.29, 0.717) is 11.6 Å². The predicted molar refractivity (Wildman–Crippen MR) is 57.1 cm³/mol. The van der Waals surface area contributed by atoms with Crippen molar-refractivity contribution >= 4 is 11.6 Å². The molecule has 0 radical (unpaired) electrons. The summed E-state index contributed by atoms with van der Waals surface area (Å²) in [6, 6.07) is 9.53. The molecule has 0 saturated carbocycles. The van der Waals surface area contributed by atoms with Gasteiger partial charge in [0.25, 0.3) is 0 Å². The molecule has 0 spiro atoms. The first-order valence-corrected chi connectivity index (χ1v) is 4.35. The summed E-state index contributed by atoms with van der Waals surface area (Å²) in [4.78, 5) is 0. The second-order valence-corrected chi connectivity index (χ2v) is 3.19. The molecule has 0 atom stereocenters. The van der Waals surface area contributed by atoms with E-state index in [0.717, 1.165) is 11.3 Å². The molecule has 0 fully saturated rings. The highest BCUT2D eigenvalue weighted by molar-refractivity contribution is 5.51. The fourth-order valence-electron chi connectivity index (χ4n) is 1.41. The highest BCUT2D eigenvalue weighted by Crippen LogP contribution is 2.18. The summed E-state index contributed by atoms with van der Waals surface area (Å²) in [7, 11) is 0. The van der Waals surface area contributed by atoms with Gasteiger partial charge in [0.1, 0.15) is 11.6 Å². The van der Waals surface area contributed by atoms with E-state index in [-0.39, 0.29) is 0 Å². The van der Waals surface area contributed by atoms with Crippen molar-refractivity contribution in [2.45, 2.75) is 6.92 Å². The minimum Gasteiger partial charge on any atom is -0.384 e. The van der Waals surface area contributed by atoms with E-state index in [1.807, 2.05) is 31.2 Å². The Bertz CT molecular complexity index is 459. The molecule has 14 heavy (non-hydrogen) atoms. The minimum atomic E-state index is 0.436. The fourth-order valence-corrected chi connectivity index (χ4v) is 1.41. The van der Waals surface area contributed by atoms with Crippen molar-refractivity contribution in [3.8, 4) is 5.69 Å². The lowest BCUT2D eigenvalue weighted by molar-refractivity contribution is 0.889. The zero-order valence-electron chi connectivity index (χ0n) is 7.94. The Morgan fingerprint density at radius 1 is 1.21 bits per heavy atom. The van der Waals surface area contributed by atoms with Crippen LogP contribution in [0.4, 0.5) is 11.6 Å². The van der Waals surface area contributed by atoms with Crippen molar-refractivity contribution < 1.29 is 0 Å². The number of nitrogens with two attached hydrogens (primary N) is 2. The van der Waals surface area contributed by atoms with Crippen molar-refractivity contribution in [1.29, 1.82) is 0 Å². The molecule has 1 aromatic heterocycles. The molecule has 0 bridgehead atoms. The van der Waals surface area contributed by atoms with Gasteiger partial charge in [-0.1, -0.05) is 18.2 Å². The average molecular weight is 188 g/mol. The molecule has 2 rings (SSSR count). The number of aromatic nitrogens is 2. The molecule has 1 aromatic carbocycles. The highest BCUT2D eigenvalue weighted by atomic mass is 15.3. The second kappa shape index (κ2) is 3.06. The first-order chi connectivity index (χ1) is 6.68. The lowest BCUT2D eigenvalue weighted by Gasteiger charge is -2.06. The summed E-state index contributed by atoms with van der Waals surface area (Å²) < 4.78 is 1.64. The Kier molecular flexibility index (Phi) is 1.89. The number of benzene rings is 1. The number of nitrogens with zero attached hydrogens (tertiary/aromatic N) is 2. The molecule has 4 N–H and O–H groups in total. The highest BCUT2D eigenvalue weighted by Gasteiger charge is 2.05. The first-order valence-electron chi connectivity index (χ1n) is 4.35. The zero-order valence-corrected chi connectivity index (χ0v) is 7.94. The molecule has 0 unspecified atom stereocenters. The summed E-state index contributed by atoms with van der Waals surface area (Å²) in [6.07, 6.45) is 0. The van der Waals surface area contributed by atoms with Crippen molar-refractivity contribution in [2.75, 3.05) is 11.5 Å². The SMILES string of the molecule is Cc1ccccc1-n1nc(N)cc1N. The lowest BCUT2D eigenvalue weighted by atomic mass is 10.2. The van der Waals surface area contributed by atoms with E-state index < -0.39 is 0 Å². The third-order valence-corrected chi connectivity index (χ3v) is 2.10. The van der Waals surface area contributed by atoms with Gasteiger partial charge in [-0.3, -0.25) is 0 Å². The molecule has 4 nitrogen and oxygen atoms in total. The van der Waals surface area contributed by atoms with Gasteiger partial charge in [0.2, 0.25) is 0 Å². The second-order valence-electron chi connectivity index (χ2n) is 3.19. The van der Waals surface area contributed by atoms with Crippen LogP contribution in [0, 0.1) is 6.92 Å². The van der Waals surface area contributed by atoms with Crippen LogP contribution in [0.5, 0.6) is 0 Å². The third-order valence-electron chi connectivity index (χ3n) is 2.10. The quantitative estimate of drug-likeness (QED) is 0.709. The molecule has 0 aliphatic carbocycles. The van der Waals surface area contributed by atoms with Crippen molar-refractivity contribution in [2.24, 2.45) is 0 Å². The lowest BCUT2D eigenvalue weighted by Crippen LogP contribution is -2.03. The van der Waals surface area contributed by atoms with Crippen molar-refractivity contribution in [1.82, 2.24) is 9.78 Å². The van der Waals surface area contributed by atoms with Crippen LogP contribution in [0.3, 0.4) is 0 Å². The number of rotatable bonds is 1. The maximum absolute atomic E-state index is 5.76. The van der Waals surface area contributed by atoms with Gasteiger partial charge >= 0.3 is 0 Å². The van der Waals surface area contributed by atoms with Crippen LogP contribution in [0.15, 0.2) is 30.3 Å². The van der Waals surface area contributed by atoms with Gasteiger partial charge < -0.3 is 11.5 Å². The number of aryl methyl sites for hydroxylation is 1. The van der Waals surface area contributed by atoms with E-state index in [4.69, 9.17) is 11.5 Å². The summed E-state index contributed by atoms with van der Waals surface area (Å²) in [5, 5.41) is 4.11. The Morgan fingerprint density at radius 2 is 1.93 bits per heavy atom. The van der Waals surface area contributed by atoms with Crippen molar-refractivity contribution in [3.05, 3.63) is 35.9 Å².